The number of rotatable bonds is 3. The van der Waals surface area contributed by atoms with E-state index in [1.807, 2.05) is 0 Å². The average Bonchev–Trinajstić information content (AvgIpc) is 3.06. The van der Waals surface area contributed by atoms with Gasteiger partial charge in [-0.1, -0.05) is 39.6 Å². The molecule has 2 aromatic heterocycles. The molecule has 3 rings (SSSR count). The van der Waals surface area contributed by atoms with Crippen LogP contribution in [0.3, 0.4) is 0 Å². The highest BCUT2D eigenvalue weighted by Gasteiger charge is 2.36. The van der Waals surface area contributed by atoms with Crippen LogP contribution in [-0.2, 0) is 12.4 Å². The fourth-order valence-electron chi connectivity index (χ4n) is 2.10. The molecular weight excluding hydrogens is 489 g/mol. The Kier molecular flexibility index (Phi) is 5.60. The lowest BCUT2D eigenvalue weighted by Gasteiger charge is -2.12. The Hall–Kier alpha value is -2.58. The number of benzene rings is 1. The summed E-state index contributed by atoms with van der Waals surface area (Å²) in [6.45, 7) is 0. The first-order chi connectivity index (χ1) is 13.8. The van der Waals surface area contributed by atoms with Gasteiger partial charge in [0, 0.05) is 12.1 Å². The molecule has 0 fully saturated rings. The molecule has 0 aliphatic carbocycles. The number of aromatic amines is 1. The Morgan fingerprint density at radius 1 is 0.967 bits per heavy atom. The standard InChI is InChI=1S/C14H4Cl2F6N4O3S/c15-4-1-5(16)7(29-12-25-24-10(30-12)14(20,21)22)2-6(4)26-9(27)3-8(13(17,18)19)23-11(26)28/h1-3H,(H,23,28). The van der Waals surface area contributed by atoms with Crippen molar-refractivity contribution < 1.29 is 31.1 Å². The van der Waals surface area contributed by atoms with Gasteiger partial charge in [0.2, 0.25) is 5.01 Å². The van der Waals surface area contributed by atoms with Gasteiger partial charge >= 0.3 is 18.0 Å². The molecule has 1 N–H and O–H groups in total. The van der Waals surface area contributed by atoms with Gasteiger partial charge in [0.15, 0.2) is 5.75 Å². The Morgan fingerprint density at radius 2 is 1.63 bits per heavy atom. The van der Waals surface area contributed by atoms with Gasteiger partial charge in [-0.05, 0) is 6.07 Å². The van der Waals surface area contributed by atoms with Crippen molar-refractivity contribution in [2.45, 2.75) is 12.4 Å². The third kappa shape index (κ3) is 4.44. The monoisotopic (exact) mass is 492 g/mol. The number of alkyl halides is 6. The largest absolute Gasteiger partial charge is 0.445 e. The van der Waals surface area contributed by atoms with E-state index < -0.39 is 45.2 Å². The molecule has 0 spiro atoms. The number of halogens is 8. The van der Waals surface area contributed by atoms with Gasteiger partial charge in [0.25, 0.3) is 10.8 Å². The summed E-state index contributed by atoms with van der Waals surface area (Å²) in [7, 11) is 0. The zero-order valence-corrected chi connectivity index (χ0v) is 16.1. The summed E-state index contributed by atoms with van der Waals surface area (Å²) >= 11 is 11.9. The number of nitrogens with one attached hydrogen (secondary N) is 1. The van der Waals surface area contributed by atoms with Crippen LogP contribution >= 0.6 is 34.5 Å². The summed E-state index contributed by atoms with van der Waals surface area (Å²) in [4.78, 5) is 25.6. The van der Waals surface area contributed by atoms with Crippen molar-refractivity contribution in [1.82, 2.24) is 19.7 Å². The lowest BCUT2D eigenvalue weighted by molar-refractivity contribution is -0.141. The number of aromatic nitrogens is 4. The molecule has 16 heteroatoms. The quantitative estimate of drug-likeness (QED) is 0.543. The fourth-order valence-corrected chi connectivity index (χ4v) is 3.19. The fraction of sp³-hybridized carbons (Fsp3) is 0.143. The molecule has 0 saturated carbocycles. The van der Waals surface area contributed by atoms with Gasteiger partial charge in [-0.25, -0.2) is 9.36 Å². The van der Waals surface area contributed by atoms with Crippen molar-refractivity contribution in [2.24, 2.45) is 0 Å². The van der Waals surface area contributed by atoms with Crippen LogP contribution in [0.15, 0.2) is 27.8 Å². The highest BCUT2D eigenvalue weighted by atomic mass is 35.5. The number of ether oxygens (including phenoxy) is 1. The molecule has 0 saturated heterocycles. The first kappa shape index (κ1) is 22.1. The minimum absolute atomic E-state index is 0.0377. The van der Waals surface area contributed by atoms with Gasteiger partial charge in [-0.2, -0.15) is 26.3 Å². The van der Waals surface area contributed by atoms with E-state index in [-0.39, 0.29) is 37.8 Å². The topological polar surface area (TPSA) is 89.9 Å². The third-order valence-corrected chi connectivity index (χ3v) is 4.77. The maximum Gasteiger partial charge on any atom is 0.445 e. The Labute approximate surface area is 174 Å². The first-order valence-electron chi connectivity index (χ1n) is 7.29. The van der Waals surface area contributed by atoms with Gasteiger partial charge in [0.05, 0.1) is 15.7 Å². The second kappa shape index (κ2) is 7.59. The lowest BCUT2D eigenvalue weighted by Crippen LogP contribution is -2.36. The van der Waals surface area contributed by atoms with E-state index in [2.05, 4.69) is 10.2 Å². The van der Waals surface area contributed by atoms with Crippen molar-refractivity contribution in [3.63, 3.8) is 0 Å². The zero-order chi connectivity index (χ0) is 22.4. The molecule has 160 valence electrons. The molecule has 0 aliphatic heterocycles. The summed E-state index contributed by atoms with van der Waals surface area (Å²) in [6.07, 6.45) is -9.75. The molecule has 0 radical (unpaired) electrons. The maximum absolute atomic E-state index is 12.7. The molecular formula is C14H4Cl2F6N4O3S. The van der Waals surface area contributed by atoms with E-state index in [1.54, 1.807) is 0 Å². The average molecular weight is 493 g/mol. The Balaban J connectivity index is 2.08. The SMILES string of the molecule is O=c1cc(C(F)(F)F)[nH]c(=O)n1-c1cc(Oc2nnc(C(F)(F)F)s2)c(Cl)cc1Cl. The van der Waals surface area contributed by atoms with Gasteiger partial charge in [0.1, 0.15) is 5.69 Å². The molecule has 0 bridgehead atoms. The van der Waals surface area contributed by atoms with Gasteiger partial charge in [-0.15, -0.1) is 5.10 Å². The molecule has 7 nitrogen and oxygen atoms in total. The van der Waals surface area contributed by atoms with Crippen LogP contribution in [0, 0.1) is 0 Å². The van der Waals surface area contributed by atoms with E-state index in [0.717, 1.165) is 12.1 Å². The first-order valence-corrected chi connectivity index (χ1v) is 8.86. The predicted molar refractivity (Wildman–Crippen MR) is 92.7 cm³/mol. The third-order valence-electron chi connectivity index (χ3n) is 3.33. The lowest BCUT2D eigenvalue weighted by atomic mass is 10.3. The van der Waals surface area contributed by atoms with E-state index in [1.165, 1.54) is 4.98 Å². The van der Waals surface area contributed by atoms with Gasteiger partial charge in [-0.3, -0.25) is 4.79 Å². The minimum Gasteiger partial charge on any atom is -0.428 e. The summed E-state index contributed by atoms with van der Waals surface area (Å²) in [6, 6.07) is 1.99. The molecule has 0 amide bonds. The van der Waals surface area contributed by atoms with Crippen LogP contribution in [0.25, 0.3) is 5.69 Å². The van der Waals surface area contributed by atoms with Crippen molar-refractivity contribution >= 4 is 34.5 Å². The predicted octanol–water partition coefficient (Wildman–Crippen LogP) is 4.51. The van der Waals surface area contributed by atoms with Gasteiger partial charge < -0.3 is 9.72 Å². The van der Waals surface area contributed by atoms with Crippen LogP contribution in [-0.4, -0.2) is 19.7 Å². The Morgan fingerprint density at radius 3 is 2.17 bits per heavy atom. The van der Waals surface area contributed by atoms with Crippen molar-refractivity contribution in [1.29, 1.82) is 0 Å². The van der Waals surface area contributed by atoms with E-state index in [4.69, 9.17) is 27.9 Å². The molecule has 0 unspecified atom stereocenters. The van der Waals surface area contributed by atoms with Crippen LogP contribution in [0.4, 0.5) is 26.3 Å². The smallest absolute Gasteiger partial charge is 0.428 e. The number of nitrogens with zero attached hydrogens (tertiary/aromatic N) is 3. The number of H-pyrrole nitrogens is 1. The second-order valence-corrected chi connectivity index (χ2v) is 7.12. The molecule has 30 heavy (non-hydrogen) atoms. The van der Waals surface area contributed by atoms with Crippen molar-refractivity contribution in [3.8, 4) is 16.6 Å². The van der Waals surface area contributed by atoms with E-state index in [0.29, 0.717) is 0 Å². The normalized spacial score (nSPS) is 12.3. The maximum atomic E-state index is 12.7. The number of hydrogen-bond donors (Lipinski definition) is 1. The summed E-state index contributed by atoms with van der Waals surface area (Å²) in [5, 5.41) is 3.64. The van der Waals surface area contributed by atoms with Crippen LogP contribution in [0.5, 0.6) is 10.9 Å². The van der Waals surface area contributed by atoms with Crippen molar-refractivity contribution in [3.05, 3.63) is 59.8 Å². The van der Waals surface area contributed by atoms with Crippen LogP contribution in [0.1, 0.15) is 10.7 Å². The summed E-state index contributed by atoms with van der Waals surface area (Å²) in [5.41, 5.74) is -4.86. The highest BCUT2D eigenvalue weighted by Crippen LogP contribution is 2.39. The highest BCUT2D eigenvalue weighted by molar-refractivity contribution is 7.13. The second-order valence-electron chi connectivity index (χ2n) is 5.37. The molecule has 3 aromatic rings. The summed E-state index contributed by atoms with van der Waals surface area (Å²) < 4.78 is 81.4. The molecule has 1 aromatic carbocycles. The van der Waals surface area contributed by atoms with E-state index >= 15 is 0 Å². The summed E-state index contributed by atoms with van der Waals surface area (Å²) in [5.74, 6) is -0.382. The van der Waals surface area contributed by atoms with Crippen LogP contribution in [0.2, 0.25) is 10.0 Å². The van der Waals surface area contributed by atoms with E-state index in [9.17, 15) is 35.9 Å². The minimum atomic E-state index is -4.98. The molecule has 2 heterocycles. The zero-order valence-electron chi connectivity index (χ0n) is 13.7. The van der Waals surface area contributed by atoms with Crippen LogP contribution < -0.4 is 16.0 Å². The molecule has 0 atom stereocenters. The number of hydrogen-bond acceptors (Lipinski definition) is 6. The molecule has 0 aliphatic rings. The van der Waals surface area contributed by atoms with Crippen molar-refractivity contribution in [2.75, 3.05) is 0 Å². The Bertz CT molecular complexity index is 1200.